The number of rotatable bonds is 3. The Bertz CT molecular complexity index is 673. The normalized spacial score (nSPS) is 19.5. The maximum absolute atomic E-state index is 5.84. The molecule has 23 heavy (non-hydrogen) atoms. The van der Waals surface area contributed by atoms with E-state index >= 15 is 0 Å². The van der Waals surface area contributed by atoms with Crippen LogP contribution in [-0.2, 0) is 11.3 Å². The molecule has 2 aromatic heterocycles. The Kier molecular flexibility index (Phi) is 4.05. The summed E-state index contributed by atoms with van der Waals surface area (Å²) in [5.74, 6) is 2.10. The standard InChI is InChI=1S/C16H24N6O/c17-12-13-10-16(21-6-8-23-9-7-21)22-14(18-13)11-15(19-22)20-4-2-1-3-5-20/h10-11H,1-9,12,17H2. The van der Waals surface area contributed by atoms with Crippen molar-refractivity contribution in [3.8, 4) is 0 Å². The van der Waals surface area contributed by atoms with E-state index in [0.717, 1.165) is 62.4 Å². The lowest BCUT2D eigenvalue weighted by molar-refractivity contribution is 0.122. The van der Waals surface area contributed by atoms with Crippen LogP contribution >= 0.6 is 0 Å². The Morgan fingerprint density at radius 3 is 2.52 bits per heavy atom. The fraction of sp³-hybridized carbons (Fsp3) is 0.625. The summed E-state index contributed by atoms with van der Waals surface area (Å²) in [7, 11) is 0. The molecule has 2 saturated heterocycles. The smallest absolute Gasteiger partial charge is 0.159 e. The van der Waals surface area contributed by atoms with Gasteiger partial charge in [0.05, 0.1) is 18.9 Å². The Hall–Kier alpha value is -1.86. The highest BCUT2D eigenvalue weighted by molar-refractivity contribution is 5.58. The van der Waals surface area contributed by atoms with Gasteiger partial charge in [0.1, 0.15) is 5.82 Å². The number of fused-ring (bicyclic) bond motifs is 1. The molecule has 2 N–H and O–H groups in total. The second-order valence-electron chi connectivity index (χ2n) is 6.23. The van der Waals surface area contributed by atoms with Crippen molar-refractivity contribution in [1.29, 1.82) is 0 Å². The van der Waals surface area contributed by atoms with E-state index in [1.54, 1.807) is 0 Å². The SMILES string of the molecule is NCc1cc(N2CCOCC2)n2nc(N3CCCCC3)cc2n1. The molecule has 0 unspecified atom stereocenters. The number of nitrogens with two attached hydrogens (primary N) is 1. The number of hydrogen-bond acceptors (Lipinski definition) is 6. The summed E-state index contributed by atoms with van der Waals surface area (Å²) in [6.07, 6.45) is 3.80. The van der Waals surface area contributed by atoms with E-state index in [4.69, 9.17) is 15.6 Å². The first-order valence-electron chi connectivity index (χ1n) is 8.52. The van der Waals surface area contributed by atoms with Gasteiger partial charge in [-0.1, -0.05) is 0 Å². The van der Waals surface area contributed by atoms with Crippen LogP contribution in [0.3, 0.4) is 0 Å². The van der Waals surface area contributed by atoms with Gasteiger partial charge >= 0.3 is 0 Å². The minimum absolute atomic E-state index is 0.443. The average molecular weight is 316 g/mol. The predicted octanol–water partition coefficient (Wildman–Crippen LogP) is 1.01. The summed E-state index contributed by atoms with van der Waals surface area (Å²) in [4.78, 5) is 9.33. The number of ether oxygens (including phenoxy) is 1. The van der Waals surface area contributed by atoms with Crippen molar-refractivity contribution in [3.63, 3.8) is 0 Å². The van der Waals surface area contributed by atoms with Crippen LogP contribution in [0.4, 0.5) is 11.6 Å². The highest BCUT2D eigenvalue weighted by Crippen LogP contribution is 2.24. The summed E-state index contributed by atoms with van der Waals surface area (Å²) in [6, 6.07) is 4.15. The highest BCUT2D eigenvalue weighted by Gasteiger charge is 2.20. The maximum atomic E-state index is 5.84. The van der Waals surface area contributed by atoms with Crippen molar-refractivity contribution < 1.29 is 4.74 Å². The molecule has 0 saturated carbocycles. The molecule has 2 aliphatic rings. The van der Waals surface area contributed by atoms with Crippen LogP contribution in [0.1, 0.15) is 25.0 Å². The average Bonchev–Trinajstić information content (AvgIpc) is 3.06. The third kappa shape index (κ3) is 2.86. The fourth-order valence-electron chi connectivity index (χ4n) is 3.40. The zero-order chi connectivity index (χ0) is 15.6. The molecule has 2 aliphatic heterocycles. The van der Waals surface area contributed by atoms with E-state index in [1.807, 2.05) is 4.52 Å². The lowest BCUT2D eigenvalue weighted by Crippen LogP contribution is -2.37. The molecule has 0 bridgehead atoms. The van der Waals surface area contributed by atoms with Gasteiger partial charge in [-0.05, 0) is 19.3 Å². The number of hydrogen-bond donors (Lipinski definition) is 1. The molecule has 4 rings (SSSR count). The van der Waals surface area contributed by atoms with Gasteiger partial charge in [-0.25, -0.2) is 4.98 Å². The Labute approximate surface area is 136 Å². The largest absolute Gasteiger partial charge is 0.378 e. The van der Waals surface area contributed by atoms with Crippen molar-refractivity contribution >= 4 is 17.3 Å². The van der Waals surface area contributed by atoms with Crippen molar-refractivity contribution in [3.05, 3.63) is 17.8 Å². The minimum Gasteiger partial charge on any atom is -0.378 e. The van der Waals surface area contributed by atoms with E-state index in [9.17, 15) is 0 Å². The number of piperidine rings is 1. The van der Waals surface area contributed by atoms with E-state index in [0.29, 0.717) is 6.54 Å². The molecule has 0 spiro atoms. The molecule has 7 heteroatoms. The third-order valence-corrected chi connectivity index (χ3v) is 4.67. The summed E-state index contributed by atoms with van der Waals surface area (Å²) in [5.41, 5.74) is 7.63. The first-order chi connectivity index (χ1) is 11.3. The zero-order valence-corrected chi connectivity index (χ0v) is 13.4. The molecule has 0 aromatic carbocycles. The first-order valence-corrected chi connectivity index (χ1v) is 8.52. The molecule has 7 nitrogen and oxygen atoms in total. The van der Waals surface area contributed by atoms with Gasteiger partial charge in [-0.3, -0.25) is 0 Å². The summed E-state index contributed by atoms with van der Waals surface area (Å²) in [6.45, 7) is 5.87. The molecular weight excluding hydrogens is 292 g/mol. The minimum atomic E-state index is 0.443. The molecule has 4 heterocycles. The van der Waals surface area contributed by atoms with Gasteiger partial charge in [0, 0.05) is 44.9 Å². The van der Waals surface area contributed by atoms with Gasteiger partial charge in [0.15, 0.2) is 11.5 Å². The quantitative estimate of drug-likeness (QED) is 0.911. The number of nitrogens with zero attached hydrogens (tertiary/aromatic N) is 5. The van der Waals surface area contributed by atoms with Gasteiger partial charge in [-0.15, -0.1) is 5.10 Å². The lowest BCUT2D eigenvalue weighted by atomic mass is 10.1. The van der Waals surface area contributed by atoms with Crippen molar-refractivity contribution in [1.82, 2.24) is 14.6 Å². The van der Waals surface area contributed by atoms with Crippen LogP contribution < -0.4 is 15.5 Å². The number of anilines is 2. The Balaban J connectivity index is 1.75. The van der Waals surface area contributed by atoms with Crippen molar-refractivity contribution in [2.24, 2.45) is 5.73 Å². The maximum Gasteiger partial charge on any atom is 0.159 e. The van der Waals surface area contributed by atoms with Crippen LogP contribution in [0.5, 0.6) is 0 Å². The van der Waals surface area contributed by atoms with Gasteiger partial charge < -0.3 is 20.3 Å². The first kappa shape index (κ1) is 14.7. The van der Waals surface area contributed by atoms with E-state index in [1.165, 1.54) is 19.3 Å². The zero-order valence-electron chi connectivity index (χ0n) is 13.4. The highest BCUT2D eigenvalue weighted by atomic mass is 16.5. The molecule has 0 amide bonds. The molecule has 0 radical (unpaired) electrons. The van der Waals surface area contributed by atoms with Crippen LogP contribution in [0.15, 0.2) is 12.1 Å². The van der Waals surface area contributed by atoms with Crippen LogP contribution in [0.2, 0.25) is 0 Å². The van der Waals surface area contributed by atoms with Gasteiger partial charge in [0.25, 0.3) is 0 Å². The third-order valence-electron chi connectivity index (χ3n) is 4.67. The van der Waals surface area contributed by atoms with Crippen LogP contribution in [0.25, 0.3) is 5.65 Å². The summed E-state index contributed by atoms with van der Waals surface area (Å²) < 4.78 is 7.44. The monoisotopic (exact) mass is 316 g/mol. The topological polar surface area (TPSA) is 71.9 Å². The van der Waals surface area contributed by atoms with Gasteiger partial charge in [0.2, 0.25) is 0 Å². The van der Waals surface area contributed by atoms with Crippen molar-refractivity contribution in [2.75, 3.05) is 49.2 Å². The summed E-state index contributed by atoms with van der Waals surface area (Å²) in [5, 5.41) is 4.84. The van der Waals surface area contributed by atoms with E-state index in [2.05, 4.69) is 26.9 Å². The fourth-order valence-corrected chi connectivity index (χ4v) is 3.40. The van der Waals surface area contributed by atoms with E-state index < -0.39 is 0 Å². The molecular formula is C16H24N6O. The predicted molar refractivity (Wildman–Crippen MR) is 90.0 cm³/mol. The molecule has 0 atom stereocenters. The second kappa shape index (κ2) is 6.33. The van der Waals surface area contributed by atoms with Crippen LogP contribution in [-0.4, -0.2) is 54.0 Å². The Morgan fingerprint density at radius 2 is 1.78 bits per heavy atom. The molecule has 2 aromatic rings. The number of aromatic nitrogens is 3. The molecule has 0 aliphatic carbocycles. The summed E-state index contributed by atoms with van der Waals surface area (Å²) >= 11 is 0. The lowest BCUT2D eigenvalue weighted by Gasteiger charge is -2.29. The number of morpholine rings is 1. The molecule has 124 valence electrons. The second-order valence-corrected chi connectivity index (χ2v) is 6.23. The Morgan fingerprint density at radius 1 is 1.00 bits per heavy atom. The van der Waals surface area contributed by atoms with Crippen molar-refractivity contribution in [2.45, 2.75) is 25.8 Å². The van der Waals surface area contributed by atoms with Gasteiger partial charge in [-0.2, -0.15) is 4.52 Å². The molecule has 2 fully saturated rings. The van der Waals surface area contributed by atoms with Crippen LogP contribution in [0, 0.1) is 0 Å². The van der Waals surface area contributed by atoms with E-state index in [-0.39, 0.29) is 0 Å².